The number of esters is 2. The van der Waals surface area contributed by atoms with Crippen molar-refractivity contribution in [3.05, 3.63) is 80.6 Å². The molecular weight excluding hydrogens is 568 g/mol. The monoisotopic (exact) mass is 594 g/mol. The van der Waals surface area contributed by atoms with Crippen LogP contribution in [0.3, 0.4) is 0 Å². The number of pyridine rings is 1. The molecule has 2 aromatic carbocycles. The third-order valence-corrected chi connectivity index (χ3v) is 7.21. The Bertz CT molecular complexity index is 1540. The molecule has 7 nitrogen and oxygen atoms in total. The number of benzene rings is 2. The number of rotatable bonds is 7. The number of para-hydroxylation sites is 1. The van der Waals surface area contributed by atoms with Gasteiger partial charge in [0, 0.05) is 15.4 Å². The second-order valence-electron chi connectivity index (χ2n) is 9.21. The summed E-state index contributed by atoms with van der Waals surface area (Å²) in [6, 6.07) is 16.7. The van der Waals surface area contributed by atoms with Gasteiger partial charge in [-0.3, -0.25) is 4.79 Å². The zero-order valence-corrected chi connectivity index (χ0v) is 24.0. The van der Waals surface area contributed by atoms with E-state index in [0.29, 0.717) is 27.7 Å². The first-order chi connectivity index (χ1) is 18.0. The number of hydrogen-bond donors (Lipinski definition) is 1. The predicted molar refractivity (Wildman–Crippen MR) is 153 cm³/mol. The van der Waals surface area contributed by atoms with Crippen molar-refractivity contribution in [1.82, 2.24) is 4.98 Å². The van der Waals surface area contributed by atoms with Crippen LogP contribution in [0, 0.1) is 6.92 Å². The zero-order valence-electron chi connectivity index (χ0n) is 21.6. The molecule has 0 saturated carbocycles. The van der Waals surface area contributed by atoms with Crippen molar-refractivity contribution in [2.45, 2.75) is 46.8 Å². The number of fused-ring (bicyclic) bond motifs is 1. The summed E-state index contributed by atoms with van der Waals surface area (Å²) in [5, 5.41) is 3.74. The predicted octanol–water partition coefficient (Wildman–Crippen LogP) is 7.42. The highest BCUT2D eigenvalue weighted by atomic mass is 79.9. The molecule has 0 saturated heterocycles. The molecule has 0 unspecified atom stereocenters. The van der Waals surface area contributed by atoms with Crippen molar-refractivity contribution >= 4 is 61.0 Å². The van der Waals surface area contributed by atoms with Crippen LogP contribution in [0.4, 0.5) is 5.00 Å². The lowest BCUT2D eigenvalue weighted by Crippen LogP contribution is -2.17. The van der Waals surface area contributed by atoms with Crippen LogP contribution in [0.15, 0.2) is 59.1 Å². The van der Waals surface area contributed by atoms with E-state index >= 15 is 0 Å². The number of nitrogens with one attached hydrogen (secondary N) is 1. The Morgan fingerprint density at radius 2 is 1.61 bits per heavy atom. The Balaban J connectivity index is 1.80. The van der Waals surface area contributed by atoms with E-state index in [9.17, 15) is 14.4 Å². The topological polar surface area (TPSA) is 94.6 Å². The largest absolute Gasteiger partial charge is 0.459 e. The summed E-state index contributed by atoms with van der Waals surface area (Å²) in [5.41, 5.74) is 3.03. The second kappa shape index (κ2) is 11.4. The first-order valence-electron chi connectivity index (χ1n) is 12.1. The Morgan fingerprint density at radius 1 is 0.921 bits per heavy atom. The molecule has 1 amide bonds. The minimum atomic E-state index is -0.623. The van der Waals surface area contributed by atoms with Crippen LogP contribution in [0.2, 0.25) is 0 Å². The van der Waals surface area contributed by atoms with Gasteiger partial charge in [-0.05, 0) is 64.4 Å². The van der Waals surface area contributed by atoms with Crippen molar-refractivity contribution in [2.75, 3.05) is 5.32 Å². The number of hydrogen-bond acceptors (Lipinski definition) is 7. The summed E-state index contributed by atoms with van der Waals surface area (Å²) in [5.74, 6) is -1.63. The molecule has 1 N–H and O–H groups in total. The minimum Gasteiger partial charge on any atom is -0.459 e. The number of ether oxygens (including phenoxy) is 2. The molecule has 0 bridgehead atoms. The maximum absolute atomic E-state index is 13.7. The first kappa shape index (κ1) is 27.5. The van der Waals surface area contributed by atoms with Gasteiger partial charge in [-0.15, -0.1) is 11.3 Å². The van der Waals surface area contributed by atoms with Crippen molar-refractivity contribution in [2.24, 2.45) is 0 Å². The van der Waals surface area contributed by atoms with Gasteiger partial charge in [-0.1, -0.05) is 46.3 Å². The van der Waals surface area contributed by atoms with Gasteiger partial charge in [0.15, 0.2) is 0 Å². The van der Waals surface area contributed by atoms with Crippen molar-refractivity contribution in [1.29, 1.82) is 0 Å². The van der Waals surface area contributed by atoms with Gasteiger partial charge < -0.3 is 14.8 Å². The molecule has 9 heteroatoms. The van der Waals surface area contributed by atoms with Gasteiger partial charge in [0.2, 0.25) is 0 Å². The number of halogens is 1. The van der Waals surface area contributed by atoms with Crippen LogP contribution in [-0.2, 0) is 9.47 Å². The summed E-state index contributed by atoms with van der Waals surface area (Å²) in [7, 11) is 0. The second-order valence-corrected chi connectivity index (χ2v) is 11.1. The van der Waals surface area contributed by atoms with Crippen LogP contribution in [-0.4, -0.2) is 35.0 Å². The van der Waals surface area contributed by atoms with E-state index in [4.69, 9.17) is 14.5 Å². The van der Waals surface area contributed by atoms with Crippen molar-refractivity contribution < 1.29 is 23.9 Å². The standard InChI is InChI=1S/C29H27BrN2O5S/c1-15(2)36-28(34)24-17(5)25(29(35)37-16(3)4)38-27(24)32-26(33)21-14-23(18-9-8-10-19(30)13-18)31-22-12-7-6-11-20(21)22/h6-16H,1-5H3,(H,32,33). The van der Waals surface area contributed by atoms with Crippen LogP contribution < -0.4 is 5.32 Å². The van der Waals surface area contributed by atoms with Gasteiger partial charge >= 0.3 is 11.9 Å². The molecule has 0 aliphatic rings. The van der Waals surface area contributed by atoms with E-state index in [1.807, 2.05) is 48.5 Å². The molecule has 0 atom stereocenters. The SMILES string of the molecule is Cc1c(C(=O)OC(C)C)sc(NC(=O)c2cc(-c3cccc(Br)c3)nc3ccccc23)c1C(=O)OC(C)C. The molecule has 4 aromatic rings. The van der Waals surface area contributed by atoms with E-state index in [2.05, 4.69) is 21.2 Å². The van der Waals surface area contributed by atoms with Gasteiger partial charge in [0.05, 0.1) is 34.5 Å². The smallest absolute Gasteiger partial charge is 0.348 e. The lowest BCUT2D eigenvalue weighted by molar-refractivity contribution is 0.0378. The maximum atomic E-state index is 13.7. The van der Waals surface area contributed by atoms with Crippen LogP contribution in [0.5, 0.6) is 0 Å². The molecule has 38 heavy (non-hydrogen) atoms. The van der Waals surface area contributed by atoms with Crippen molar-refractivity contribution in [3.63, 3.8) is 0 Å². The number of carbonyl (C=O) groups is 3. The molecule has 0 spiro atoms. The summed E-state index contributed by atoms with van der Waals surface area (Å²) < 4.78 is 11.7. The highest BCUT2D eigenvalue weighted by Crippen LogP contribution is 2.36. The van der Waals surface area contributed by atoms with Crippen molar-refractivity contribution in [3.8, 4) is 11.3 Å². The number of anilines is 1. The normalized spacial score (nSPS) is 11.2. The van der Waals surface area contributed by atoms with E-state index in [-0.39, 0.29) is 27.6 Å². The van der Waals surface area contributed by atoms with E-state index in [0.717, 1.165) is 21.4 Å². The van der Waals surface area contributed by atoms with Gasteiger partial charge in [0.1, 0.15) is 9.88 Å². The zero-order chi connectivity index (χ0) is 27.6. The summed E-state index contributed by atoms with van der Waals surface area (Å²) in [4.78, 5) is 44.5. The molecule has 2 heterocycles. The van der Waals surface area contributed by atoms with Crippen LogP contribution >= 0.6 is 27.3 Å². The number of carbonyl (C=O) groups excluding carboxylic acids is 3. The molecular formula is C29H27BrN2O5S. The fourth-order valence-electron chi connectivity index (χ4n) is 3.91. The van der Waals surface area contributed by atoms with Gasteiger partial charge in [0.25, 0.3) is 5.91 Å². The third kappa shape index (κ3) is 5.95. The number of aromatic nitrogens is 1. The summed E-state index contributed by atoms with van der Waals surface area (Å²) in [6.45, 7) is 8.60. The van der Waals surface area contributed by atoms with E-state index < -0.39 is 17.8 Å². The highest BCUT2D eigenvalue weighted by molar-refractivity contribution is 9.10. The average molecular weight is 596 g/mol. The molecule has 0 aliphatic heterocycles. The molecule has 0 fully saturated rings. The fraction of sp³-hybridized carbons (Fsp3) is 0.241. The Kier molecular flexibility index (Phi) is 8.28. The lowest BCUT2D eigenvalue weighted by atomic mass is 10.0. The number of amides is 1. The first-order valence-corrected chi connectivity index (χ1v) is 13.7. The minimum absolute atomic E-state index is 0.137. The average Bonchev–Trinajstić information content (AvgIpc) is 3.18. The molecule has 2 aromatic heterocycles. The molecule has 4 rings (SSSR count). The van der Waals surface area contributed by atoms with E-state index in [1.54, 1.807) is 40.7 Å². The van der Waals surface area contributed by atoms with Gasteiger partial charge in [-0.25, -0.2) is 14.6 Å². The summed E-state index contributed by atoms with van der Waals surface area (Å²) >= 11 is 4.48. The summed E-state index contributed by atoms with van der Waals surface area (Å²) in [6.07, 6.45) is -0.721. The maximum Gasteiger partial charge on any atom is 0.348 e. The van der Waals surface area contributed by atoms with Gasteiger partial charge in [-0.2, -0.15) is 0 Å². The Labute approximate surface area is 233 Å². The third-order valence-electron chi connectivity index (χ3n) is 5.53. The highest BCUT2D eigenvalue weighted by Gasteiger charge is 2.29. The molecule has 0 radical (unpaired) electrons. The molecule has 196 valence electrons. The Hall–Kier alpha value is -3.56. The fourth-order valence-corrected chi connectivity index (χ4v) is 5.38. The van der Waals surface area contributed by atoms with Crippen LogP contribution in [0.25, 0.3) is 22.2 Å². The number of thiophene rings is 1. The Morgan fingerprint density at radius 3 is 2.29 bits per heavy atom. The van der Waals surface area contributed by atoms with E-state index in [1.165, 1.54) is 0 Å². The molecule has 0 aliphatic carbocycles. The lowest BCUT2D eigenvalue weighted by Gasteiger charge is -2.12. The number of nitrogens with zero attached hydrogens (tertiary/aromatic N) is 1. The van der Waals surface area contributed by atoms with Crippen LogP contribution in [0.1, 0.15) is 63.6 Å². The quantitative estimate of drug-likeness (QED) is 0.224.